The van der Waals surface area contributed by atoms with Crippen LogP contribution in [0.2, 0.25) is 0 Å². The van der Waals surface area contributed by atoms with Gasteiger partial charge in [-0.3, -0.25) is 9.59 Å². The van der Waals surface area contributed by atoms with E-state index in [1.807, 2.05) is 18.2 Å². The van der Waals surface area contributed by atoms with Crippen LogP contribution in [-0.2, 0) is 16.0 Å². The van der Waals surface area contributed by atoms with Crippen molar-refractivity contribution >= 4 is 18.0 Å². The predicted molar refractivity (Wildman–Crippen MR) is 146 cm³/mol. The summed E-state index contributed by atoms with van der Waals surface area (Å²) in [7, 11) is 0. The van der Waals surface area contributed by atoms with E-state index in [-0.39, 0.29) is 12.2 Å². The van der Waals surface area contributed by atoms with E-state index in [1.54, 1.807) is 0 Å². The minimum atomic E-state index is -0.784. The molecule has 200 valence electrons. The van der Waals surface area contributed by atoms with Crippen molar-refractivity contribution in [3.63, 3.8) is 0 Å². The van der Waals surface area contributed by atoms with Gasteiger partial charge in [-0.25, -0.2) is 8.78 Å². The molecule has 0 saturated heterocycles. The second kappa shape index (κ2) is 16.6. The van der Waals surface area contributed by atoms with Crippen molar-refractivity contribution in [1.29, 1.82) is 5.26 Å². The molecule has 0 radical (unpaired) electrons. The molecule has 2 amide bonds. The van der Waals surface area contributed by atoms with E-state index in [0.717, 1.165) is 30.7 Å². The molecular formula is C30H34F2N4O2. The SMILES string of the molecule is CCCN(CC)CCCc1ccc(-c2cccc(C#N)c2)cc1.O=CNCC(=O)Nc1cc(F)cc(F)c1. The molecule has 6 nitrogen and oxygen atoms in total. The molecule has 0 unspecified atom stereocenters. The Balaban J connectivity index is 0.000000293. The quantitative estimate of drug-likeness (QED) is 0.307. The molecule has 0 heterocycles. The summed E-state index contributed by atoms with van der Waals surface area (Å²) in [6.45, 7) is 7.74. The van der Waals surface area contributed by atoms with E-state index >= 15 is 0 Å². The fourth-order valence-electron chi connectivity index (χ4n) is 3.85. The van der Waals surface area contributed by atoms with Crippen molar-refractivity contribution in [2.45, 2.75) is 33.1 Å². The summed E-state index contributed by atoms with van der Waals surface area (Å²) in [5.74, 6) is -2.13. The number of rotatable bonds is 12. The molecule has 0 atom stereocenters. The number of nitriles is 1. The van der Waals surface area contributed by atoms with Gasteiger partial charge in [-0.05, 0) is 79.9 Å². The molecule has 0 bridgehead atoms. The normalized spacial score (nSPS) is 10.2. The van der Waals surface area contributed by atoms with E-state index in [9.17, 15) is 18.4 Å². The molecule has 0 aliphatic carbocycles. The van der Waals surface area contributed by atoms with Crippen LogP contribution in [0.15, 0.2) is 66.7 Å². The highest BCUT2D eigenvalue weighted by molar-refractivity contribution is 5.93. The number of nitrogens with zero attached hydrogens (tertiary/aromatic N) is 2. The lowest BCUT2D eigenvalue weighted by molar-refractivity contribution is -0.118. The minimum absolute atomic E-state index is 0.00481. The first-order valence-electron chi connectivity index (χ1n) is 12.6. The summed E-state index contributed by atoms with van der Waals surface area (Å²) in [6, 6.07) is 21.4. The first-order valence-corrected chi connectivity index (χ1v) is 12.6. The summed E-state index contributed by atoms with van der Waals surface area (Å²) >= 11 is 0. The number of benzene rings is 3. The Morgan fingerprint density at radius 1 is 0.974 bits per heavy atom. The largest absolute Gasteiger partial charge is 0.350 e. The van der Waals surface area contributed by atoms with Crippen LogP contribution in [0, 0.1) is 23.0 Å². The highest BCUT2D eigenvalue weighted by Crippen LogP contribution is 2.21. The minimum Gasteiger partial charge on any atom is -0.350 e. The van der Waals surface area contributed by atoms with Crippen LogP contribution in [0.1, 0.15) is 37.8 Å². The second-order valence-corrected chi connectivity index (χ2v) is 8.63. The van der Waals surface area contributed by atoms with Gasteiger partial charge in [0.05, 0.1) is 18.2 Å². The number of carbonyl (C=O) groups is 2. The monoisotopic (exact) mass is 520 g/mol. The van der Waals surface area contributed by atoms with Gasteiger partial charge in [-0.2, -0.15) is 5.26 Å². The number of halogens is 2. The van der Waals surface area contributed by atoms with Crippen molar-refractivity contribution in [2.75, 3.05) is 31.5 Å². The zero-order chi connectivity index (χ0) is 27.8. The average molecular weight is 521 g/mol. The third-order valence-corrected chi connectivity index (χ3v) is 5.70. The molecule has 0 aromatic heterocycles. The Bertz CT molecular complexity index is 1190. The molecule has 0 fully saturated rings. The number of nitrogens with one attached hydrogen (secondary N) is 2. The fraction of sp³-hybridized carbons (Fsp3) is 0.300. The predicted octanol–water partition coefficient (Wildman–Crippen LogP) is 5.54. The highest BCUT2D eigenvalue weighted by Gasteiger charge is 2.05. The number of amides is 2. The van der Waals surface area contributed by atoms with Gasteiger partial charge < -0.3 is 15.5 Å². The Kier molecular flexibility index (Phi) is 13.2. The number of anilines is 1. The van der Waals surface area contributed by atoms with Crippen LogP contribution in [0.25, 0.3) is 11.1 Å². The van der Waals surface area contributed by atoms with E-state index in [0.29, 0.717) is 18.0 Å². The summed E-state index contributed by atoms with van der Waals surface area (Å²) < 4.78 is 25.3. The van der Waals surface area contributed by atoms with Crippen LogP contribution in [0.5, 0.6) is 0 Å². The van der Waals surface area contributed by atoms with E-state index in [1.165, 1.54) is 37.1 Å². The lowest BCUT2D eigenvalue weighted by Gasteiger charge is -2.19. The van der Waals surface area contributed by atoms with Crippen molar-refractivity contribution in [1.82, 2.24) is 10.2 Å². The zero-order valence-corrected chi connectivity index (χ0v) is 21.8. The maximum Gasteiger partial charge on any atom is 0.243 e. The van der Waals surface area contributed by atoms with Crippen LogP contribution >= 0.6 is 0 Å². The van der Waals surface area contributed by atoms with E-state index < -0.39 is 17.5 Å². The fourth-order valence-corrected chi connectivity index (χ4v) is 3.85. The molecule has 3 rings (SSSR count). The maximum atomic E-state index is 12.7. The van der Waals surface area contributed by atoms with Gasteiger partial charge in [-0.1, -0.05) is 50.2 Å². The van der Waals surface area contributed by atoms with Gasteiger partial charge in [0.2, 0.25) is 12.3 Å². The number of hydrogen-bond acceptors (Lipinski definition) is 4. The first kappa shape index (κ1) is 30.1. The molecule has 0 spiro atoms. The van der Waals surface area contributed by atoms with Crippen molar-refractivity contribution < 1.29 is 18.4 Å². The summed E-state index contributed by atoms with van der Waals surface area (Å²) in [4.78, 5) is 23.4. The van der Waals surface area contributed by atoms with E-state index in [4.69, 9.17) is 5.26 Å². The highest BCUT2D eigenvalue weighted by atomic mass is 19.1. The number of carbonyl (C=O) groups excluding carboxylic acids is 2. The molecular weight excluding hydrogens is 486 g/mol. The molecule has 3 aromatic rings. The lowest BCUT2D eigenvalue weighted by atomic mass is 10.0. The summed E-state index contributed by atoms with van der Waals surface area (Å²) in [5.41, 5.74) is 4.38. The van der Waals surface area contributed by atoms with Gasteiger partial charge in [0.1, 0.15) is 11.6 Å². The van der Waals surface area contributed by atoms with Crippen molar-refractivity contribution in [3.8, 4) is 17.2 Å². The lowest BCUT2D eigenvalue weighted by Crippen LogP contribution is -2.26. The molecule has 0 aliphatic rings. The maximum absolute atomic E-state index is 12.7. The summed E-state index contributed by atoms with van der Waals surface area (Å²) in [6.07, 6.45) is 3.91. The van der Waals surface area contributed by atoms with Gasteiger partial charge >= 0.3 is 0 Å². The molecule has 3 aromatic carbocycles. The molecule has 8 heteroatoms. The van der Waals surface area contributed by atoms with Crippen LogP contribution in [0.4, 0.5) is 14.5 Å². The van der Waals surface area contributed by atoms with Crippen molar-refractivity contribution in [3.05, 3.63) is 89.5 Å². The number of hydrogen-bond donors (Lipinski definition) is 2. The Morgan fingerprint density at radius 2 is 1.68 bits per heavy atom. The van der Waals surface area contributed by atoms with Crippen LogP contribution < -0.4 is 10.6 Å². The van der Waals surface area contributed by atoms with Gasteiger partial charge in [0.25, 0.3) is 0 Å². The average Bonchev–Trinajstić information content (AvgIpc) is 2.91. The topological polar surface area (TPSA) is 85.2 Å². The molecule has 38 heavy (non-hydrogen) atoms. The Morgan fingerprint density at radius 3 is 2.29 bits per heavy atom. The molecule has 2 N–H and O–H groups in total. The smallest absolute Gasteiger partial charge is 0.243 e. The third-order valence-electron chi connectivity index (χ3n) is 5.70. The molecule has 0 saturated carbocycles. The Hall–Kier alpha value is -4.09. The van der Waals surface area contributed by atoms with Crippen molar-refractivity contribution in [2.24, 2.45) is 0 Å². The van der Waals surface area contributed by atoms with Crippen LogP contribution in [0.3, 0.4) is 0 Å². The van der Waals surface area contributed by atoms with Gasteiger partial charge in [0, 0.05) is 11.8 Å². The second-order valence-electron chi connectivity index (χ2n) is 8.63. The molecule has 0 aliphatic heterocycles. The zero-order valence-electron chi connectivity index (χ0n) is 21.8. The standard InChI is InChI=1S/C21H26N2.C9H8F2N2O2/c1-3-14-23(4-2)15-6-8-18-10-12-20(13-11-18)21-9-5-7-19(16-21)17-22;10-6-1-7(11)3-8(2-6)13-9(15)4-12-5-14/h5,7,9-13,16H,3-4,6,8,14-15H2,1-2H3;1-3,5H,4H2,(H,12,14)(H,13,15). The van der Waals surface area contributed by atoms with Gasteiger partial charge in [-0.15, -0.1) is 0 Å². The van der Waals surface area contributed by atoms with Gasteiger partial charge in [0.15, 0.2) is 0 Å². The third kappa shape index (κ3) is 10.9. The van der Waals surface area contributed by atoms with Crippen LogP contribution in [-0.4, -0.2) is 43.4 Å². The first-order chi connectivity index (χ1) is 18.4. The number of aryl methyl sites for hydroxylation is 1. The van der Waals surface area contributed by atoms with E-state index in [2.05, 4.69) is 65.8 Å². The summed E-state index contributed by atoms with van der Waals surface area (Å²) in [5, 5.41) is 13.3. The Labute approximate surface area is 223 Å².